The van der Waals surface area contributed by atoms with Gasteiger partial charge in [0.05, 0.1) is 24.2 Å². The Morgan fingerprint density at radius 3 is 2.85 bits per heavy atom. The molecule has 4 heterocycles. The molecule has 0 radical (unpaired) electrons. The molecule has 0 amide bonds. The Balaban J connectivity index is 1.53. The van der Waals surface area contributed by atoms with Crippen LogP contribution in [0.25, 0.3) is 32.9 Å². The number of likely N-dealkylation sites (tertiary alicyclic amines) is 1. The first-order chi connectivity index (χ1) is 19.8. The number of aromatic nitrogens is 3. The van der Waals surface area contributed by atoms with Crippen molar-refractivity contribution in [2.24, 2.45) is 5.92 Å². The molecule has 0 saturated carbocycles. The van der Waals surface area contributed by atoms with Crippen molar-refractivity contribution in [2.75, 3.05) is 57.1 Å². The van der Waals surface area contributed by atoms with E-state index in [4.69, 9.17) is 26.6 Å². The summed E-state index contributed by atoms with van der Waals surface area (Å²) in [6.45, 7) is 5.89. The number of nitrogens with two attached hydrogens (primary N) is 1. The third kappa shape index (κ3) is 5.11. The molecule has 6 rings (SSSR count). The second-order valence-corrected chi connectivity index (χ2v) is 11.0. The molecule has 2 aliphatic heterocycles. The normalized spacial score (nSPS) is 19.9. The fourth-order valence-corrected chi connectivity index (χ4v) is 5.84. The molecule has 2 aromatic heterocycles. The number of fused-ring (bicyclic) bond motifs is 2. The lowest BCUT2D eigenvalue weighted by atomic mass is 9.95. The molecule has 2 aliphatic rings. The van der Waals surface area contributed by atoms with Gasteiger partial charge in [-0.05, 0) is 55.9 Å². The van der Waals surface area contributed by atoms with Crippen molar-refractivity contribution < 1.29 is 18.3 Å². The maximum Gasteiger partial charge on any atom is 0.319 e. The lowest BCUT2D eigenvalue weighted by molar-refractivity contribution is 0.129. The number of benzene rings is 2. The van der Waals surface area contributed by atoms with Crippen molar-refractivity contribution in [3.63, 3.8) is 0 Å². The van der Waals surface area contributed by atoms with Gasteiger partial charge in [0.1, 0.15) is 29.5 Å². The van der Waals surface area contributed by atoms with E-state index >= 15 is 4.39 Å². The second-order valence-electron chi connectivity index (χ2n) is 11.0. The van der Waals surface area contributed by atoms with E-state index in [1.807, 2.05) is 0 Å². The van der Waals surface area contributed by atoms with Gasteiger partial charge in [-0.2, -0.15) is 9.97 Å². The first kappa shape index (κ1) is 27.1. The monoisotopic (exact) mass is 558 g/mol. The maximum atomic E-state index is 16.6. The van der Waals surface area contributed by atoms with Crippen LogP contribution in [0.5, 0.6) is 6.01 Å². The third-order valence-corrected chi connectivity index (χ3v) is 7.95. The van der Waals surface area contributed by atoms with Gasteiger partial charge in [-0.1, -0.05) is 18.9 Å². The molecule has 10 heteroatoms. The molecule has 2 saturated heterocycles. The van der Waals surface area contributed by atoms with Crippen molar-refractivity contribution in [1.29, 1.82) is 0 Å². The van der Waals surface area contributed by atoms with Gasteiger partial charge in [-0.25, -0.2) is 8.78 Å². The van der Waals surface area contributed by atoms with Gasteiger partial charge in [-0.3, -0.25) is 4.98 Å². The summed E-state index contributed by atoms with van der Waals surface area (Å²) in [7, 11) is 2.06. The number of hydrogen-bond acceptors (Lipinski definition) is 8. The molecule has 2 aromatic carbocycles. The highest BCUT2D eigenvalue weighted by atomic mass is 19.1. The number of hydrogen-bond donors (Lipinski definition) is 1. The molecule has 2 unspecified atom stereocenters. The van der Waals surface area contributed by atoms with E-state index < -0.39 is 11.6 Å². The number of nitrogens with zero attached hydrogens (tertiary/aromatic N) is 5. The van der Waals surface area contributed by atoms with E-state index in [-0.39, 0.29) is 34.7 Å². The fourth-order valence-electron chi connectivity index (χ4n) is 5.84. The quantitative estimate of drug-likeness (QED) is 0.280. The summed E-state index contributed by atoms with van der Waals surface area (Å²) in [6.07, 6.45) is 9.34. The van der Waals surface area contributed by atoms with Crippen LogP contribution in [0.15, 0.2) is 30.5 Å². The number of pyridine rings is 1. The van der Waals surface area contributed by atoms with Gasteiger partial charge in [0, 0.05) is 42.0 Å². The highest BCUT2D eigenvalue weighted by Crippen LogP contribution is 2.38. The SMILES string of the molecule is C#Cc1c(F)ccc2cc(N)cc(-c3ncc4c(N5CCOCC(C)C5)nc(OCC5CCCN5C)nc4c3F)c12. The summed E-state index contributed by atoms with van der Waals surface area (Å²) in [4.78, 5) is 18.1. The van der Waals surface area contributed by atoms with Crippen LogP contribution in [0.4, 0.5) is 20.3 Å². The van der Waals surface area contributed by atoms with E-state index in [0.29, 0.717) is 66.1 Å². The number of nitrogen functional groups attached to an aromatic ring is 1. The van der Waals surface area contributed by atoms with Crippen LogP contribution in [0.2, 0.25) is 0 Å². The largest absolute Gasteiger partial charge is 0.462 e. The zero-order valence-corrected chi connectivity index (χ0v) is 23.2. The summed E-state index contributed by atoms with van der Waals surface area (Å²) in [5, 5.41) is 1.39. The Hall–Kier alpha value is -4.07. The van der Waals surface area contributed by atoms with Gasteiger partial charge < -0.3 is 25.0 Å². The zero-order chi connectivity index (χ0) is 28.7. The number of ether oxygens (including phenoxy) is 2. The van der Waals surface area contributed by atoms with Gasteiger partial charge in [0.15, 0.2) is 5.82 Å². The van der Waals surface area contributed by atoms with Crippen LogP contribution in [0, 0.1) is 29.9 Å². The maximum absolute atomic E-state index is 16.6. The molecular formula is C31H32F2N6O2. The highest BCUT2D eigenvalue weighted by Gasteiger charge is 2.26. The molecule has 212 valence electrons. The fraction of sp³-hybridized carbons (Fsp3) is 0.387. The second kappa shape index (κ2) is 11.1. The average Bonchev–Trinajstić information content (AvgIpc) is 3.24. The average molecular weight is 559 g/mol. The molecular weight excluding hydrogens is 526 g/mol. The Bertz CT molecular complexity index is 1670. The van der Waals surface area contributed by atoms with Crippen LogP contribution in [-0.2, 0) is 4.74 Å². The Morgan fingerprint density at radius 1 is 1.22 bits per heavy atom. The number of anilines is 2. The van der Waals surface area contributed by atoms with Crippen molar-refractivity contribution in [3.05, 3.63) is 47.7 Å². The summed E-state index contributed by atoms with van der Waals surface area (Å²) in [5.74, 6) is 1.92. The molecule has 2 N–H and O–H groups in total. The highest BCUT2D eigenvalue weighted by molar-refractivity contribution is 6.03. The van der Waals surface area contributed by atoms with Crippen molar-refractivity contribution in [1.82, 2.24) is 19.9 Å². The molecule has 2 fully saturated rings. The lowest BCUT2D eigenvalue weighted by Crippen LogP contribution is -2.32. The summed E-state index contributed by atoms with van der Waals surface area (Å²) in [5.41, 5.74) is 6.88. The Labute approximate surface area is 237 Å². The first-order valence-electron chi connectivity index (χ1n) is 13.8. The summed E-state index contributed by atoms with van der Waals surface area (Å²) >= 11 is 0. The molecule has 2 atom stereocenters. The predicted molar refractivity (Wildman–Crippen MR) is 156 cm³/mol. The van der Waals surface area contributed by atoms with Crippen molar-refractivity contribution in [3.8, 4) is 29.6 Å². The minimum Gasteiger partial charge on any atom is -0.462 e. The van der Waals surface area contributed by atoms with Gasteiger partial charge in [0.2, 0.25) is 0 Å². The summed E-state index contributed by atoms with van der Waals surface area (Å²) in [6, 6.07) is 6.41. The standard InChI is InChI=1S/C31H32F2N6O2/c1-4-22-25(32)8-7-19-12-20(34)13-23(26(19)22)28-27(33)29-24(14-35-28)30(39-10-11-40-16-18(2)15-39)37-31(36-29)41-17-21-6-5-9-38(21)3/h1,7-8,12-14,18,21H,5-6,9-11,15-17,34H2,2-3H3. The van der Waals surface area contributed by atoms with Crippen molar-refractivity contribution >= 4 is 33.2 Å². The van der Waals surface area contributed by atoms with E-state index in [2.05, 4.69) is 39.7 Å². The minimum absolute atomic E-state index is 0.0189. The topological polar surface area (TPSA) is 89.6 Å². The summed E-state index contributed by atoms with van der Waals surface area (Å²) < 4.78 is 43.2. The molecule has 4 aromatic rings. The molecule has 0 aliphatic carbocycles. The molecule has 41 heavy (non-hydrogen) atoms. The van der Waals surface area contributed by atoms with Crippen LogP contribution in [0.1, 0.15) is 25.3 Å². The van der Waals surface area contributed by atoms with Gasteiger partial charge in [-0.15, -0.1) is 6.42 Å². The van der Waals surface area contributed by atoms with Gasteiger partial charge >= 0.3 is 6.01 Å². The Kier molecular flexibility index (Phi) is 7.32. The first-order valence-corrected chi connectivity index (χ1v) is 13.8. The van der Waals surface area contributed by atoms with Crippen molar-refractivity contribution in [2.45, 2.75) is 25.8 Å². The number of terminal acetylenes is 1. The molecule has 8 nitrogen and oxygen atoms in total. The van der Waals surface area contributed by atoms with E-state index in [9.17, 15) is 4.39 Å². The zero-order valence-electron chi connectivity index (χ0n) is 23.2. The Morgan fingerprint density at radius 2 is 2.07 bits per heavy atom. The third-order valence-electron chi connectivity index (χ3n) is 7.95. The smallest absolute Gasteiger partial charge is 0.319 e. The number of rotatable bonds is 5. The van der Waals surface area contributed by atoms with Gasteiger partial charge in [0.25, 0.3) is 0 Å². The molecule has 0 spiro atoms. The van der Waals surface area contributed by atoms with E-state index in [1.54, 1.807) is 24.4 Å². The van der Waals surface area contributed by atoms with Crippen LogP contribution in [-0.4, -0.2) is 72.4 Å². The van der Waals surface area contributed by atoms with E-state index in [0.717, 1.165) is 19.4 Å². The minimum atomic E-state index is -0.688. The molecule has 0 bridgehead atoms. The predicted octanol–water partition coefficient (Wildman–Crippen LogP) is 4.63. The number of likely N-dealkylation sites (N-methyl/N-ethyl adjacent to an activating group) is 1. The lowest BCUT2D eigenvalue weighted by Gasteiger charge is -2.25. The van der Waals surface area contributed by atoms with Crippen LogP contribution >= 0.6 is 0 Å². The van der Waals surface area contributed by atoms with Crippen LogP contribution < -0.4 is 15.4 Å². The van der Waals surface area contributed by atoms with Crippen LogP contribution in [0.3, 0.4) is 0 Å². The number of halogens is 2. The van der Waals surface area contributed by atoms with E-state index in [1.165, 1.54) is 6.07 Å².